The Hall–Kier alpha value is -2.49. The number of halogens is 1. The van der Waals surface area contributed by atoms with Gasteiger partial charge in [-0.1, -0.05) is 80.6 Å². The zero-order valence-electron chi connectivity index (χ0n) is 19.7. The molecule has 0 bridgehead atoms. The molecule has 2 aromatic carbocycles. The molecule has 0 spiro atoms. The fourth-order valence-corrected chi connectivity index (χ4v) is 2.75. The number of nitrogens with zero attached hydrogens (tertiary/aromatic N) is 1. The zero-order chi connectivity index (χ0) is 23.5. The van der Waals surface area contributed by atoms with Crippen LogP contribution in [0, 0.1) is 6.92 Å². The largest absolute Gasteiger partial charge is 0.391 e. The van der Waals surface area contributed by atoms with E-state index in [-0.39, 0.29) is 0 Å². The second-order valence-electron chi connectivity index (χ2n) is 7.09. The smallest absolute Gasteiger partial charge is 0.0591 e. The molecular formula is C27H40ClN3. The highest BCUT2D eigenvalue weighted by Crippen LogP contribution is 2.17. The summed E-state index contributed by atoms with van der Waals surface area (Å²) >= 11 is 5.97. The van der Waals surface area contributed by atoms with Gasteiger partial charge < -0.3 is 10.3 Å². The van der Waals surface area contributed by atoms with E-state index in [0.29, 0.717) is 6.54 Å². The molecular weight excluding hydrogens is 402 g/mol. The molecule has 170 valence electrons. The molecule has 0 aliphatic heterocycles. The van der Waals surface area contributed by atoms with Crippen LogP contribution in [0.1, 0.15) is 50.3 Å². The number of hydrogen-bond acceptors (Lipinski definition) is 3. The fourth-order valence-electron chi connectivity index (χ4n) is 2.56. The van der Waals surface area contributed by atoms with E-state index in [1.807, 2.05) is 49.4 Å². The molecule has 4 heteroatoms. The average molecular weight is 442 g/mol. The van der Waals surface area contributed by atoms with Crippen LogP contribution in [0.4, 0.5) is 0 Å². The fraction of sp³-hybridized carbons (Fsp3) is 0.333. The van der Waals surface area contributed by atoms with Crippen LogP contribution in [0.5, 0.6) is 0 Å². The third-order valence-corrected chi connectivity index (χ3v) is 4.60. The van der Waals surface area contributed by atoms with Crippen molar-refractivity contribution in [2.45, 2.75) is 53.5 Å². The lowest BCUT2D eigenvalue weighted by Gasteiger charge is -2.20. The lowest BCUT2D eigenvalue weighted by atomic mass is 10.1. The number of nitrogens with two attached hydrogens (primary N) is 1. The maximum absolute atomic E-state index is 5.98. The van der Waals surface area contributed by atoms with Gasteiger partial charge in [0, 0.05) is 17.3 Å². The molecule has 0 amide bonds. The van der Waals surface area contributed by atoms with Crippen molar-refractivity contribution < 1.29 is 0 Å². The number of allylic oxidation sites excluding steroid dienone is 3. The van der Waals surface area contributed by atoms with Gasteiger partial charge in [0.15, 0.2) is 0 Å². The minimum atomic E-state index is 0.689. The van der Waals surface area contributed by atoms with Crippen LogP contribution in [0.2, 0.25) is 5.02 Å². The topological polar surface area (TPSA) is 41.3 Å². The van der Waals surface area contributed by atoms with E-state index in [0.717, 1.165) is 30.1 Å². The van der Waals surface area contributed by atoms with Crippen molar-refractivity contribution in [2.24, 2.45) is 5.84 Å². The van der Waals surface area contributed by atoms with Crippen molar-refractivity contribution in [1.29, 1.82) is 0 Å². The van der Waals surface area contributed by atoms with Crippen molar-refractivity contribution >= 4 is 11.6 Å². The van der Waals surface area contributed by atoms with Gasteiger partial charge in [-0.2, -0.15) is 0 Å². The van der Waals surface area contributed by atoms with Gasteiger partial charge in [0.2, 0.25) is 0 Å². The summed E-state index contributed by atoms with van der Waals surface area (Å²) in [5.74, 6) is 5.98. The minimum Gasteiger partial charge on any atom is -0.391 e. The average Bonchev–Trinajstić information content (AvgIpc) is 2.77. The molecule has 0 fully saturated rings. The molecule has 0 heterocycles. The lowest BCUT2D eigenvalue weighted by Crippen LogP contribution is -2.28. The number of benzene rings is 2. The minimum absolute atomic E-state index is 0.689. The van der Waals surface area contributed by atoms with Crippen LogP contribution in [-0.4, -0.2) is 11.6 Å². The van der Waals surface area contributed by atoms with Gasteiger partial charge in [0.1, 0.15) is 0 Å². The Kier molecular flexibility index (Phi) is 16.8. The standard InChI is InChI=1S/C13H19ClN2.C9H10.C5H11N/c1-4-5-11(3)16(15)9-12-8-13(14)7-6-10(12)2;1-2-6-9-7-4-3-5-8-9;1-3-5-6-4-2/h5-8H,4,9,15H2,1-3H3;2-5,7-8H,1,6H2;4,6H,2-3,5H2,1H3/b11-5-;;. The summed E-state index contributed by atoms with van der Waals surface area (Å²) in [5.41, 5.74) is 4.79. The van der Waals surface area contributed by atoms with E-state index in [1.165, 1.54) is 23.1 Å². The van der Waals surface area contributed by atoms with Gasteiger partial charge in [-0.3, -0.25) is 0 Å². The Morgan fingerprint density at radius 1 is 1.13 bits per heavy atom. The Morgan fingerprint density at radius 2 is 1.81 bits per heavy atom. The van der Waals surface area contributed by atoms with Crippen LogP contribution in [0.25, 0.3) is 0 Å². The molecule has 3 nitrogen and oxygen atoms in total. The first-order chi connectivity index (χ1) is 14.9. The van der Waals surface area contributed by atoms with E-state index in [1.54, 1.807) is 11.2 Å². The molecule has 0 saturated heterocycles. The molecule has 0 aromatic heterocycles. The van der Waals surface area contributed by atoms with Gasteiger partial charge in [-0.25, -0.2) is 5.84 Å². The quantitative estimate of drug-likeness (QED) is 0.187. The van der Waals surface area contributed by atoms with Crippen molar-refractivity contribution in [2.75, 3.05) is 6.54 Å². The van der Waals surface area contributed by atoms with Crippen LogP contribution in [0.15, 0.2) is 85.7 Å². The second kappa shape index (κ2) is 18.3. The van der Waals surface area contributed by atoms with Crippen molar-refractivity contribution in [1.82, 2.24) is 10.3 Å². The summed E-state index contributed by atoms with van der Waals surface area (Å²) < 4.78 is 0. The predicted octanol–water partition coefficient (Wildman–Crippen LogP) is 7.18. The normalized spacial score (nSPS) is 10.1. The zero-order valence-corrected chi connectivity index (χ0v) is 20.5. The van der Waals surface area contributed by atoms with E-state index in [9.17, 15) is 0 Å². The Bertz CT molecular complexity index is 769. The highest BCUT2D eigenvalue weighted by Gasteiger charge is 2.04. The number of hydrazine groups is 1. The summed E-state index contributed by atoms with van der Waals surface area (Å²) in [6, 6.07) is 16.2. The maximum Gasteiger partial charge on any atom is 0.0591 e. The second-order valence-corrected chi connectivity index (χ2v) is 7.53. The molecule has 0 aliphatic carbocycles. The molecule has 0 saturated carbocycles. The highest BCUT2D eigenvalue weighted by molar-refractivity contribution is 6.30. The van der Waals surface area contributed by atoms with Gasteiger partial charge in [-0.05, 0) is 68.1 Å². The molecule has 0 aliphatic rings. The van der Waals surface area contributed by atoms with E-state index in [4.69, 9.17) is 17.4 Å². The lowest BCUT2D eigenvalue weighted by molar-refractivity contribution is 0.350. The first-order valence-electron chi connectivity index (χ1n) is 10.8. The van der Waals surface area contributed by atoms with E-state index < -0.39 is 0 Å². The maximum atomic E-state index is 5.98. The van der Waals surface area contributed by atoms with Gasteiger partial charge in [-0.15, -0.1) is 6.58 Å². The third-order valence-electron chi connectivity index (χ3n) is 4.37. The summed E-state index contributed by atoms with van der Waals surface area (Å²) in [4.78, 5) is 0. The van der Waals surface area contributed by atoms with E-state index >= 15 is 0 Å². The first-order valence-corrected chi connectivity index (χ1v) is 11.2. The number of hydrogen-bond donors (Lipinski definition) is 2. The molecule has 3 N–H and O–H groups in total. The highest BCUT2D eigenvalue weighted by atomic mass is 35.5. The summed E-state index contributed by atoms with van der Waals surface area (Å²) in [6.45, 7) is 17.2. The third kappa shape index (κ3) is 14.2. The van der Waals surface area contributed by atoms with E-state index in [2.05, 4.69) is 57.5 Å². The van der Waals surface area contributed by atoms with Crippen LogP contribution in [0.3, 0.4) is 0 Å². The molecule has 0 unspecified atom stereocenters. The van der Waals surface area contributed by atoms with Crippen LogP contribution in [-0.2, 0) is 13.0 Å². The van der Waals surface area contributed by atoms with Crippen LogP contribution >= 0.6 is 11.6 Å². The molecule has 31 heavy (non-hydrogen) atoms. The number of aryl methyl sites for hydroxylation is 1. The number of rotatable bonds is 9. The molecule has 0 atom stereocenters. The van der Waals surface area contributed by atoms with Gasteiger partial charge >= 0.3 is 0 Å². The predicted molar refractivity (Wildman–Crippen MR) is 139 cm³/mol. The Morgan fingerprint density at radius 3 is 2.32 bits per heavy atom. The molecule has 0 radical (unpaired) electrons. The summed E-state index contributed by atoms with van der Waals surface area (Å²) in [6.07, 6.45) is 8.87. The SMILES string of the molecule is C=CCc1ccccc1.C=CNCCC.CC/C=C(/C)N(N)Cc1cc(Cl)ccc1C. The molecule has 2 aromatic rings. The Labute approximate surface area is 195 Å². The monoisotopic (exact) mass is 441 g/mol. The van der Waals surface area contributed by atoms with Gasteiger partial charge in [0.05, 0.1) is 6.54 Å². The van der Waals surface area contributed by atoms with Crippen molar-refractivity contribution in [3.8, 4) is 0 Å². The summed E-state index contributed by atoms with van der Waals surface area (Å²) in [7, 11) is 0. The molecule has 2 rings (SSSR count). The van der Waals surface area contributed by atoms with Crippen LogP contribution < -0.4 is 11.2 Å². The first kappa shape index (κ1) is 28.5. The summed E-state index contributed by atoms with van der Waals surface area (Å²) in [5, 5.41) is 5.47. The van der Waals surface area contributed by atoms with Crippen molar-refractivity contribution in [3.05, 3.63) is 107 Å². The Balaban J connectivity index is 0.000000503. The van der Waals surface area contributed by atoms with Crippen molar-refractivity contribution in [3.63, 3.8) is 0 Å². The van der Waals surface area contributed by atoms with Gasteiger partial charge in [0.25, 0.3) is 0 Å². The number of nitrogens with one attached hydrogen (secondary N) is 1.